The number of amides is 2. The van der Waals surface area contributed by atoms with Crippen molar-refractivity contribution in [1.29, 1.82) is 5.26 Å². The van der Waals surface area contributed by atoms with Gasteiger partial charge in [-0.15, -0.1) is 0 Å². The summed E-state index contributed by atoms with van der Waals surface area (Å²) in [7, 11) is 0. The van der Waals surface area contributed by atoms with Gasteiger partial charge in [0, 0.05) is 23.5 Å². The van der Waals surface area contributed by atoms with Crippen molar-refractivity contribution in [2.45, 2.75) is 45.6 Å². The number of hydrogen-bond acceptors (Lipinski definition) is 3. The molecule has 3 rings (SSSR count). The maximum atomic E-state index is 13.8. The molecule has 2 aromatic rings. The largest absolute Gasteiger partial charge is 0.322 e. The summed E-state index contributed by atoms with van der Waals surface area (Å²) in [6.45, 7) is 4.54. The van der Waals surface area contributed by atoms with Crippen LogP contribution in [0.5, 0.6) is 0 Å². The van der Waals surface area contributed by atoms with Gasteiger partial charge in [-0.05, 0) is 44.9 Å². The lowest BCUT2D eigenvalue weighted by Gasteiger charge is -2.30. The number of nitriles is 1. The van der Waals surface area contributed by atoms with Gasteiger partial charge in [-0.3, -0.25) is 5.10 Å². The Kier molecular flexibility index (Phi) is 5.21. The number of aryl methyl sites for hydroxylation is 2. The average molecular weight is 355 g/mol. The minimum Gasteiger partial charge on any atom is -0.317 e. The first kappa shape index (κ1) is 17.9. The maximum absolute atomic E-state index is 13.8. The zero-order chi connectivity index (χ0) is 18.7. The number of carbonyl (C=O) groups excluding carboxylic acids is 1. The molecule has 1 saturated heterocycles. The number of rotatable bonds is 2. The summed E-state index contributed by atoms with van der Waals surface area (Å²) in [5.74, 6) is -0.640. The normalized spacial score (nSPS) is 17.5. The van der Waals surface area contributed by atoms with E-state index in [-0.39, 0.29) is 17.6 Å². The number of halogens is 1. The highest BCUT2D eigenvalue weighted by atomic mass is 19.1. The van der Waals surface area contributed by atoms with E-state index in [1.165, 1.54) is 12.1 Å². The van der Waals surface area contributed by atoms with Crippen molar-refractivity contribution in [3.8, 4) is 6.07 Å². The number of benzene rings is 1. The molecule has 1 atom stereocenters. The molecule has 0 radical (unpaired) electrons. The van der Waals surface area contributed by atoms with Gasteiger partial charge < -0.3 is 10.2 Å². The predicted molar refractivity (Wildman–Crippen MR) is 96.1 cm³/mol. The predicted octanol–water partition coefficient (Wildman–Crippen LogP) is 4.19. The molecule has 1 aliphatic rings. The second kappa shape index (κ2) is 7.56. The van der Waals surface area contributed by atoms with Crippen molar-refractivity contribution in [3.05, 3.63) is 46.5 Å². The van der Waals surface area contributed by atoms with E-state index in [9.17, 15) is 9.18 Å². The molecule has 1 unspecified atom stereocenters. The van der Waals surface area contributed by atoms with Crippen LogP contribution in [0, 0.1) is 31.0 Å². The van der Waals surface area contributed by atoms with Gasteiger partial charge in [-0.25, -0.2) is 9.18 Å². The van der Waals surface area contributed by atoms with Crippen LogP contribution in [0.3, 0.4) is 0 Å². The van der Waals surface area contributed by atoms with Gasteiger partial charge in [0.25, 0.3) is 0 Å². The van der Waals surface area contributed by atoms with E-state index >= 15 is 0 Å². The number of H-pyrrole nitrogens is 1. The summed E-state index contributed by atoms with van der Waals surface area (Å²) in [6, 6.07) is 5.55. The second-order valence-electron chi connectivity index (χ2n) is 6.64. The Balaban J connectivity index is 1.85. The third-order valence-electron chi connectivity index (χ3n) is 4.87. The van der Waals surface area contributed by atoms with Crippen LogP contribution in [0.15, 0.2) is 18.2 Å². The molecule has 1 aliphatic heterocycles. The molecule has 6 nitrogen and oxygen atoms in total. The first-order valence-corrected chi connectivity index (χ1v) is 8.80. The van der Waals surface area contributed by atoms with Crippen LogP contribution in [0.4, 0.5) is 14.9 Å². The fourth-order valence-electron chi connectivity index (χ4n) is 3.58. The monoisotopic (exact) mass is 355 g/mol. The first-order valence-electron chi connectivity index (χ1n) is 8.80. The van der Waals surface area contributed by atoms with Gasteiger partial charge in [0.1, 0.15) is 11.9 Å². The van der Waals surface area contributed by atoms with Crippen molar-refractivity contribution >= 4 is 11.7 Å². The quantitative estimate of drug-likeness (QED) is 0.847. The van der Waals surface area contributed by atoms with Crippen molar-refractivity contribution in [2.75, 3.05) is 11.9 Å². The topological polar surface area (TPSA) is 84.8 Å². The fraction of sp³-hybridized carbons (Fsp3) is 0.421. The summed E-state index contributed by atoms with van der Waals surface area (Å²) in [5, 5.41) is 18.9. The van der Waals surface area contributed by atoms with E-state index < -0.39 is 5.82 Å². The van der Waals surface area contributed by atoms with E-state index in [1.54, 1.807) is 12.1 Å². The van der Waals surface area contributed by atoms with Crippen molar-refractivity contribution in [3.63, 3.8) is 0 Å². The van der Waals surface area contributed by atoms with Crippen molar-refractivity contribution in [1.82, 2.24) is 15.1 Å². The third-order valence-corrected chi connectivity index (χ3v) is 4.87. The minimum absolute atomic E-state index is 0.0414. The molecule has 1 fully saturated rings. The number of likely N-dealkylation sites (tertiary alicyclic amines) is 1. The number of carbonyl (C=O) groups is 1. The van der Waals surface area contributed by atoms with Crippen LogP contribution < -0.4 is 5.32 Å². The molecule has 2 amide bonds. The summed E-state index contributed by atoms with van der Waals surface area (Å²) in [6.07, 6.45) is 3.92. The van der Waals surface area contributed by atoms with Crippen LogP contribution in [-0.2, 0) is 0 Å². The van der Waals surface area contributed by atoms with Gasteiger partial charge in [-0.1, -0.05) is 12.8 Å². The maximum Gasteiger partial charge on any atom is 0.322 e. The van der Waals surface area contributed by atoms with Gasteiger partial charge in [-0.2, -0.15) is 10.4 Å². The fourth-order valence-corrected chi connectivity index (χ4v) is 3.58. The van der Waals surface area contributed by atoms with E-state index in [2.05, 4.69) is 15.5 Å². The minimum atomic E-state index is -0.640. The molecule has 2 N–H and O–H groups in total. The summed E-state index contributed by atoms with van der Waals surface area (Å²) < 4.78 is 13.8. The van der Waals surface area contributed by atoms with Gasteiger partial charge in [0.2, 0.25) is 0 Å². The highest BCUT2D eigenvalue weighted by molar-refractivity contribution is 5.89. The molecule has 0 spiro atoms. The highest BCUT2D eigenvalue weighted by Gasteiger charge is 2.30. The van der Waals surface area contributed by atoms with Gasteiger partial charge in [0.05, 0.1) is 17.3 Å². The first-order chi connectivity index (χ1) is 12.5. The number of nitrogens with zero attached hydrogens (tertiary/aromatic N) is 3. The molecule has 7 heteroatoms. The van der Waals surface area contributed by atoms with Crippen LogP contribution in [-0.4, -0.2) is 27.7 Å². The lowest BCUT2D eigenvalue weighted by atomic mass is 9.99. The van der Waals surface area contributed by atoms with E-state index in [0.29, 0.717) is 12.2 Å². The van der Waals surface area contributed by atoms with E-state index in [0.717, 1.165) is 42.6 Å². The van der Waals surface area contributed by atoms with Crippen molar-refractivity contribution in [2.24, 2.45) is 0 Å². The van der Waals surface area contributed by atoms with E-state index in [4.69, 9.17) is 5.26 Å². The molecule has 26 heavy (non-hydrogen) atoms. The molecule has 0 saturated carbocycles. The lowest BCUT2D eigenvalue weighted by Crippen LogP contribution is -2.38. The second-order valence-corrected chi connectivity index (χ2v) is 6.64. The SMILES string of the molecule is Cc1n[nH]c(C)c1C1CCCCCN1C(=O)Nc1ccc(C#N)c(F)c1. The molecule has 136 valence electrons. The van der Waals surface area contributed by atoms with Crippen LogP contribution in [0.2, 0.25) is 0 Å². The van der Waals surface area contributed by atoms with E-state index in [1.807, 2.05) is 18.7 Å². The van der Waals surface area contributed by atoms with Gasteiger partial charge in [0.15, 0.2) is 0 Å². The summed E-state index contributed by atoms with van der Waals surface area (Å²) in [5.41, 5.74) is 3.23. The standard InChI is InChI=1S/C19H22FN5O/c1-12-18(13(2)24-23-12)17-6-4-3-5-9-25(17)19(26)22-15-8-7-14(11-21)16(20)10-15/h7-8,10,17H,3-6,9H2,1-2H3,(H,22,26)(H,23,24). The molecule has 0 bridgehead atoms. The Morgan fingerprint density at radius 3 is 2.85 bits per heavy atom. The Hall–Kier alpha value is -2.88. The molecule has 2 heterocycles. The summed E-state index contributed by atoms with van der Waals surface area (Å²) >= 11 is 0. The number of nitrogens with one attached hydrogen (secondary N) is 2. The highest BCUT2D eigenvalue weighted by Crippen LogP contribution is 2.33. The Bertz CT molecular complexity index is 835. The smallest absolute Gasteiger partial charge is 0.317 e. The number of hydrogen-bond donors (Lipinski definition) is 2. The Morgan fingerprint density at radius 1 is 1.38 bits per heavy atom. The molecular weight excluding hydrogens is 333 g/mol. The number of aromatic nitrogens is 2. The summed E-state index contributed by atoms with van der Waals surface area (Å²) in [4.78, 5) is 14.7. The average Bonchev–Trinajstić information content (AvgIpc) is 2.82. The van der Waals surface area contributed by atoms with Crippen LogP contribution in [0.1, 0.15) is 54.2 Å². The van der Waals surface area contributed by atoms with Crippen LogP contribution >= 0.6 is 0 Å². The Morgan fingerprint density at radius 2 is 2.19 bits per heavy atom. The van der Waals surface area contributed by atoms with Crippen molar-refractivity contribution < 1.29 is 9.18 Å². The molecular formula is C19H22FN5O. The molecule has 1 aromatic carbocycles. The zero-order valence-electron chi connectivity index (χ0n) is 15.0. The Labute approximate surface area is 152 Å². The molecule has 1 aromatic heterocycles. The number of anilines is 1. The lowest BCUT2D eigenvalue weighted by molar-refractivity contribution is 0.189. The number of urea groups is 1. The number of aromatic amines is 1. The molecule has 0 aliphatic carbocycles. The third kappa shape index (κ3) is 3.54. The zero-order valence-corrected chi connectivity index (χ0v) is 15.0. The van der Waals surface area contributed by atoms with Gasteiger partial charge >= 0.3 is 6.03 Å². The van der Waals surface area contributed by atoms with Crippen LogP contribution in [0.25, 0.3) is 0 Å².